The maximum atomic E-state index is 4.70. The Morgan fingerprint density at radius 3 is 1.50 bits per heavy atom. The van der Waals surface area contributed by atoms with Gasteiger partial charge in [0.15, 0.2) is 0 Å². The number of hydrogen-bond acceptors (Lipinski definition) is 6. The van der Waals surface area contributed by atoms with Crippen molar-refractivity contribution in [3.8, 4) is 0 Å². The first kappa shape index (κ1) is 13.7. The quantitative estimate of drug-likeness (QED) is 0.211. The first-order chi connectivity index (χ1) is 6.70. The van der Waals surface area contributed by atoms with Crippen molar-refractivity contribution in [1.29, 1.82) is 0 Å². The van der Waals surface area contributed by atoms with Crippen LogP contribution in [0.2, 0.25) is 0 Å². The van der Waals surface area contributed by atoms with E-state index < -0.39 is 0 Å². The molecular formula is C8H14O4S2. The molecule has 0 saturated carbocycles. The Labute approximate surface area is 94.5 Å². The maximum absolute atomic E-state index is 4.70. The van der Waals surface area contributed by atoms with Gasteiger partial charge in [0.2, 0.25) is 0 Å². The number of thiol groups is 2. The Morgan fingerprint density at radius 1 is 0.857 bits per heavy atom. The van der Waals surface area contributed by atoms with E-state index in [0.717, 1.165) is 0 Å². The lowest BCUT2D eigenvalue weighted by atomic mass is 10.7. The van der Waals surface area contributed by atoms with Crippen molar-refractivity contribution < 1.29 is 19.6 Å². The van der Waals surface area contributed by atoms with Crippen LogP contribution in [0.5, 0.6) is 0 Å². The van der Waals surface area contributed by atoms with E-state index in [1.54, 1.807) is 0 Å². The van der Waals surface area contributed by atoms with Crippen LogP contribution in [0.1, 0.15) is 0 Å². The topological polar surface area (TPSA) is 36.9 Å². The molecule has 0 rings (SSSR count). The summed E-state index contributed by atoms with van der Waals surface area (Å²) in [6.07, 6.45) is 0. The molecule has 14 heavy (non-hydrogen) atoms. The summed E-state index contributed by atoms with van der Waals surface area (Å²) in [5.74, 6) is 1.70. The molecule has 0 bridgehead atoms. The fraction of sp³-hybridized carbons (Fsp3) is 0.500. The lowest BCUT2D eigenvalue weighted by molar-refractivity contribution is -0.310. The van der Waals surface area contributed by atoms with Gasteiger partial charge in [-0.15, -0.1) is 0 Å². The molecule has 0 radical (unpaired) electrons. The van der Waals surface area contributed by atoms with Gasteiger partial charge in [-0.3, -0.25) is 0 Å². The van der Waals surface area contributed by atoms with E-state index in [-0.39, 0.29) is 13.2 Å². The molecule has 0 aromatic carbocycles. The third kappa shape index (κ3) is 8.31. The Balaban J connectivity index is 3.14. The lowest BCUT2D eigenvalue weighted by Crippen LogP contribution is -2.06. The summed E-state index contributed by atoms with van der Waals surface area (Å²) in [4.78, 5) is 18.8. The number of hydrogen-bond donors (Lipinski definition) is 2. The van der Waals surface area contributed by atoms with Gasteiger partial charge in [-0.2, -0.15) is 35.0 Å². The molecule has 6 heteroatoms. The zero-order valence-corrected chi connectivity index (χ0v) is 9.56. The first-order valence-corrected chi connectivity index (χ1v) is 5.13. The fourth-order valence-corrected chi connectivity index (χ4v) is 0.476. The van der Waals surface area contributed by atoms with Crippen LogP contribution in [-0.2, 0) is 19.6 Å². The largest absolute Gasteiger partial charge is 0.342 e. The molecule has 0 unspecified atom stereocenters. The molecule has 0 atom stereocenters. The van der Waals surface area contributed by atoms with Crippen LogP contribution in [0.3, 0.4) is 0 Å². The standard InChI is InChI=1S/C8H14O4S2/c1-7(5-13)11-9-3-4-10-12-8(2)6-14/h13-14H,1-6H2. The van der Waals surface area contributed by atoms with E-state index in [1.807, 2.05) is 0 Å². The molecule has 0 amide bonds. The van der Waals surface area contributed by atoms with Gasteiger partial charge in [-0.25, -0.2) is 0 Å². The molecule has 0 aliphatic rings. The SMILES string of the molecule is C=C(CS)OOCCOOC(=C)CS. The van der Waals surface area contributed by atoms with E-state index in [2.05, 4.69) is 48.2 Å². The summed E-state index contributed by atoms with van der Waals surface area (Å²) in [6, 6.07) is 0. The highest BCUT2D eigenvalue weighted by Gasteiger charge is 1.95. The van der Waals surface area contributed by atoms with Crippen molar-refractivity contribution in [2.75, 3.05) is 24.7 Å². The average Bonchev–Trinajstić information content (AvgIpc) is 2.22. The van der Waals surface area contributed by atoms with E-state index in [9.17, 15) is 0 Å². The van der Waals surface area contributed by atoms with Gasteiger partial charge in [0.05, 0.1) is 11.5 Å². The summed E-state index contributed by atoms with van der Waals surface area (Å²) < 4.78 is 0. The predicted molar refractivity (Wildman–Crippen MR) is 60.1 cm³/mol. The Hall–Kier alpha value is -0.300. The third-order valence-electron chi connectivity index (χ3n) is 0.956. The molecular weight excluding hydrogens is 224 g/mol. The van der Waals surface area contributed by atoms with E-state index in [1.165, 1.54) is 0 Å². The molecule has 4 nitrogen and oxygen atoms in total. The van der Waals surface area contributed by atoms with Crippen molar-refractivity contribution in [3.05, 3.63) is 24.7 Å². The zero-order chi connectivity index (χ0) is 10.8. The van der Waals surface area contributed by atoms with E-state index >= 15 is 0 Å². The van der Waals surface area contributed by atoms with Gasteiger partial charge in [0.1, 0.15) is 24.7 Å². The van der Waals surface area contributed by atoms with Crippen LogP contribution in [0.4, 0.5) is 0 Å². The Bertz CT molecular complexity index is 164. The fourth-order valence-electron chi connectivity index (χ4n) is 0.371. The second-order valence-electron chi connectivity index (χ2n) is 2.20. The second-order valence-corrected chi connectivity index (χ2v) is 2.84. The molecule has 0 N–H and O–H groups in total. The van der Waals surface area contributed by atoms with Crippen LogP contribution in [-0.4, -0.2) is 24.7 Å². The molecule has 0 aliphatic heterocycles. The monoisotopic (exact) mass is 238 g/mol. The highest BCUT2D eigenvalue weighted by molar-refractivity contribution is 7.80. The lowest BCUT2D eigenvalue weighted by Gasteiger charge is -2.06. The van der Waals surface area contributed by atoms with E-state index in [0.29, 0.717) is 23.0 Å². The van der Waals surface area contributed by atoms with Gasteiger partial charge in [-0.1, -0.05) is 13.2 Å². The minimum absolute atomic E-state index is 0.229. The zero-order valence-electron chi connectivity index (χ0n) is 7.77. The van der Waals surface area contributed by atoms with Crippen molar-refractivity contribution >= 4 is 25.3 Å². The van der Waals surface area contributed by atoms with Crippen LogP contribution in [0, 0.1) is 0 Å². The smallest absolute Gasteiger partial charge is 0.144 e. The van der Waals surface area contributed by atoms with Crippen molar-refractivity contribution in [3.63, 3.8) is 0 Å². The molecule has 0 heterocycles. The normalized spacial score (nSPS) is 9.57. The molecule has 0 aromatic heterocycles. The van der Waals surface area contributed by atoms with Gasteiger partial charge in [-0.05, 0) is 0 Å². The van der Waals surface area contributed by atoms with Crippen molar-refractivity contribution in [2.45, 2.75) is 0 Å². The summed E-state index contributed by atoms with van der Waals surface area (Å²) in [5, 5.41) is 0. The van der Waals surface area contributed by atoms with Gasteiger partial charge >= 0.3 is 0 Å². The molecule has 82 valence electrons. The average molecular weight is 238 g/mol. The van der Waals surface area contributed by atoms with Crippen LogP contribution in [0.15, 0.2) is 24.7 Å². The maximum Gasteiger partial charge on any atom is 0.144 e. The third-order valence-corrected chi connectivity index (χ3v) is 1.66. The first-order valence-electron chi connectivity index (χ1n) is 3.87. The Kier molecular flexibility index (Phi) is 9.06. The van der Waals surface area contributed by atoms with Gasteiger partial charge in [0, 0.05) is 0 Å². The highest BCUT2D eigenvalue weighted by Crippen LogP contribution is 1.98. The van der Waals surface area contributed by atoms with Gasteiger partial charge < -0.3 is 9.78 Å². The van der Waals surface area contributed by atoms with E-state index in [4.69, 9.17) is 9.78 Å². The summed E-state index contributed by atoms with van der Waals surface area (Å²) in [7, 11) is 0. The molecule has 0 spiro atoms. The second kappa shape index (κ2) is 9.26. The van der Waals surface area contributed by atoms with Crippen LogP contribution in [0.25, 0.3) is 0 Å². The highest BCUT2D eigenvalue weighted by atomic mass is 32.1. The van der Waals surface area contributed by atoms with Crippen LogP contribution < -0.4 is 0 Å². The molecule has 0 fully saturated rings. The number of rotatable bonds is 9. The van der Waals surface area contributed by atoms with Crippen molar-refractivity contribution in [2.24, 2.45) is 0 Å². The summed E-state index contributed by atoms with van der Waals surface area (Å²) in [6.45, 7) is 7.48. The summed E-state index contributed by atoms with van der Waals surface area (Å²) in [5.41, 5.74) is 0. The molecule has 0 saturated heterocycles. The van der Waals surface area contributed by atoms with Crippen molar-refractivity contribution in [1.82, 2.24) is 0 Å². The molecule has 0 aliphatic carbocycles. The minimum Gasteiger partial charge on any atom is -0.342 e. The summed E-state index contributed by atoms with van der Waals surface area (Å²) >= 11 is 7.84. The Morgan fingerprint density at radius 2 is 1.21 bits per heavy atom. The van der Waals surface area contributed by atoms with Gasteiger partial charge in [0.25, 0.3) is 0 Å². The minimum atomic E-state index is 0.229. The van der Waals surface area contributed by atoms with Crippen LogP contribution >= 0.6 is 25.3 Å². The molecule has 0 aromatic rings. The predicted octanol–water partition coefficient (Wildman–Crippen LogP) is 1.77.